The van der Waals surface area contributed by atoms with Crippen LogP contribution < -0.4 is 5.43 Å². The molecular weight excluding hydrogens is 202 g/mol. The van der Waals surface area contributed by atoms with Crippen LogP contribution in [0.2, 0.25) is 0 Å². The highest BCUT2D eigenvalue weighted by molar-refractivity contribution is 7.13. The number of anilines is 1. The van der Waals surface area contributed by atoms with Gasteiger partial charge in [0.15, 0.2) is 0 Å². The maximum Gasteiger partial charge on any atom is 0.203 e. The second-order valence-corrected chi connectivity index (χ2v) is 4.10. The quantitative estimate of drug-likeness (QED) is 0.623. The number of hydrogen-bond acceptors (Lipinski definition) is 5. The largest absolute Gasteiger partial charge is 0.253 e. The first-order chi connectivity index (χ1) is 6.45. The Morgan fingerprint density at radius 3 is 3.08 bits per heavy atom. The van der Waals surface area contributed by atoms with Gasteiger partial charge >= 0.3 is 0 Å². The van der Waals surface area contributed by atoms with E-state index in [0.29, 0.717) is 0 Å². The fourth-order valence-electron chi connectivity index (χ4n) is 0.794. The molecule has 2 heterocycles. The number of aromatic nitrogens is 1. The third-order valence-electron chi connectivity index (χ3n) is 1.33. The van der Waals surface area contributed by atoms with Gasteiger partial charge in [0.05, 0.1) is 6.21 Å². The standard InChI is InChI=1S/C8H7N3S2/c1-2-7(12-4-1)6-10-11-8-9-3-5-13-8/h1-6H,(H,9,11)/b10-6-. The lowest BCUT2D eigenvalue weighted by Crippen LogP contribution is -1.87. The minimum absolute atomic E-state index is 0.813. The number of thiazole rings is 1. The Hall–Kier alpha value is -1.20. The molecule has 0 aliphatic heterocycles. The van der Waals surface area contributed by atoms with Gasteiger partial charge in [-0.05, 0) is 11.4 Å². The normalized spacial score (nSPS) is 10.8. The van der Waals surface area contributed by atoms with Crippen LogP contribution >= 0.6 is 22.7 Å². The Kier molecular flexibility index (Phi) is 2.68. The predicted molar refractivity (Wildman–Crippen MR) is 57.6 cm³/mol. The van der Waals surface area contributed by atoms with Gasteiger partial charge in [-0.1, -0.05) is 6.07 Å². The number of nitrogens with one attached hydrogen (secondary N) is 1. The lowest BCUT2D eigenvalue weighted by molar-refractivity contribution is 1.29. The molecule has 0 saturated carbocycles. The Bertz CT molecular complexity index is 364. The van der Waals surface area contributed by atoms with Gasteiger partial charge < -0.3 is 0 Å². The first-order valence-corrected chi connectivity index (χ1v) is 5.43. The van der Waals surface area contributed by atoms with Crippen molar-refractivity contribution in [3.05, 3.63) is 34.0 Å². The monoisotopic (exact) mass is 209 g/mol. The molecular formula is C8H7N3S2. The van der Waals surface area contributed by atoms with Crippen LogP contribution in [-0.4, -0.2) is 11.2 Å². The van der Waals surface area contributed by atoms with Crippen LogP contribution in [0.15, 0.2) is 34.2 Å². The Morgan fingerprint density at radius 2 is 2.38 bits per heavy atom. The van der Waals surface area contributed by atoms with Crippen LogP contribution in [0.25, 0.3) is 0 Å². The smallest absolute Gasteiger partial charge is 0.203 e. The molecule has 0 radical (unpaired) electrons. The van der Waals surface area contributed by atoms with Crippen molar-refractivity contribution in [3.8, 4) is 0 Å². The average molecular weight is 209 g/mol. The lowest BCUT2D eigenvalue weighted by Gasteiger charge is -1.89. The number of nitrogens with zero attached hydrogens (tertiary/aromatic N) is 2. The molecule has 0 saturated heterocycles. The number of rotatable bonds is 3. The van der Waals surface area contributed by atoms with Crippen molar-refractivity contribution < 1.29 is 0 Å². The van der Waals surface area contributed by atoms with Gasteiger partial charge in [-0.2, -0.15) is 5.10 Å². The molecule has 3 nitrogen and oxygen atoms in total. The van der Waals surface area contributed by atoms with Gasteiger partial charge in [-0.25, -0.2) is 4.98 Å². The summed E-state index contributed by atoms with van der Waals surface area (Å²) in [5, 5.41) is 8.78. The summed E-state index contributed by atoms with van der Waals surface area (Å²) < 4.78 is 0. The van der Waals surface area contributed by atoms with Crippen molar-refractivity contribution in [2.75, 3.05) is 5.43 Å². The van der Waals surface area contributed by atoms with E-state index in [1.54, 1.807) is 23.7 Å². The first-order valence-electron chi connectivity index (χ1n) is 3.67. The molecule has 2 aromatic rings. The van der Waals surface area contributed by atoms with Crippen molar-refractivity contribution in [2.24, 2.45) is 5.10 Å². The molecule has 2 aromatic heterocycles. The molecule has 0 fully saturated rings. The van der Waals surface area contributed by atoms with E-state index in [4.69, 9.17) is 0 Å². The van der Waals surface area contributed by atoms with Crippen molar-refractivity contribution >= 4 is 34.0 Å². The zero-order valence-electron chi connectivity index (χ0n) is 6.68. The SMILES string of the molecule is C(=N/Nc1nccs1)/c1cccs1. The molecule has 66 valence electrons. The maximum absolute atomic E-state index is 4.04. The van der Waals surface area contributed by atoms with E-state index >= 15 is 0 Å². The second-order valence-electron chi connectivity index (χ2n) is 2.22. The molecule has 0 unspecified atom stereocenters. The van der Waals surface area contributed by atoms with E-state index in [9.17, 15) is 0 Å². The van der Waals surface area contributed by atoms with Gasteiger partial charge in [0, 0.05) is 16.5 Å². The van der Waals surface area contributed by atoms with Crippen LogP contribution in [-0.2, 0) is 0 Å². The van der Waals surface area contributed by atoms with E-state index in [1.165, 1.54) is 11.3 Å². The third kappa shape index (κ3) is 2.37. The highest BCUT2D eigenvalue weighted by Gasteiger charge is 1.89. The second kappa shape index (κ2) is 4.15. The number of thiophene rings is 1. The van der Waals surface area contributed by atoms with Crippen LogP contribution in [0.5, 0.6) is 0 Å². The van der Waals surface area contributed by atoms with Gasteiger partial charge in [-0.15, -0.1) is 22.7 Å². The number of hydrazone groups is 1. The molecule has 0 aliphatic rings. The van der Waals surface area contributed by atoms with E-state index < -0.39 is 0 Å². The topological polar surface area (TPSA) is 37.3 Å². The van der Waals surface area contributed by atoms with Crippen molar-refractivity contribution in [1.82, 2.24) is 4.98 Å². The Balaban J connectivity index is 1.93. The van der Waals surface area contributed by atoms with Crippen LogP contribution in [0.4, 0.5) is 5.13 Å². The van der Waals surface area contributed by atoms with Crippen LogP contribution in [0.3, 0.4) is 0 Å². The van der Waals surface area contributed by atoms with Gasteiger partial charge in [0.2, 0.25) is 5.13 Å². The number of hydrogen-bond donors (Lipinski definition) is 1. The molecule has 0 bridgehead atoms. The van der Waals surface area contributed by atoms with Crippen molar-refractivity contribution in [1.29, 1.82) is 0 Å². The molecule has 0 amide bonds. The van der Waals surface area contributed by atoms with Crippen molar-refractivity contribution in [3.63, 3.8) is 0 Å². The van der Waals surface area contributed by atoms with E-state index in [-0.39, 0.29) is 0 Å². The average Bonchev–Trinajstić information content (AvgIpc) is 2.75. The zero-order valence-corrected chi connectivity index (χ0v) is 8.31. The van der Waals surface area contributed by atoms with E-state index in [0.717, 1.165) is 10.0 Å². The summed E-state index contributed by atoms with van der Waals surface area (Å²) >= 11 is 3.18. The summed E-state index contributed by atoms with van der Waals surface area (Å²) in [5.41, 5.74) is 2.85. The Morgan fingerprint density at radius 1 is 1.38 bits per heavy atom. The molecule has 1 N–H and O–H groups in total. The molecule has 13 heavy (non-hydrogen) atoms. The summed E-state index contributed by atoms with van der Waals surface area (Å²) in [6.07, 6.45) is 3.53. The van der Waals surface area contributed by atoms with E-state index in [1.807, 2.05) is 22.9 Å². The minimum Gasteiger partial charge on any atom is -0.253 e. The molecule has 0 spiro atoms. The predicted octanol–water partition coefficient (Wildman–Crippen LogP) is 2.65. The van der Waals surface area contributed by atoms with Gasteiger partial charge in [0.25, 0.3) is 0 Å². The highest BCUT2D eigenvalue weighted by Crippen LogP contribution is 2.10. The molecule has 0 aliphatic carbocycles. The molecule has 0 atom stereocenters. The fraction of sp³-hybridized carbons (Fsp3) is 0. The lowest BCUT2D eigenvalue weighted by atomic mass is 10.5. The summed E-state index contributed by atoms with van der Waals surface area (Å²) in [5.74, 6) is 0. The molecule has 0 aromatic carbocycles. The third-order valence-corrected chi connectivity index (χ3v) is 2.81. The fourth-order valence-corrected chi connectivity index (χ4v) is 1.86. The first kappa shape index (κ1) is 8.40. The van der Waals surface area contributed by atoms with Gasteiger partial charge in [-0.3, -0.25) is 5.43 Å². The summed E-state index contributed by atoms with van der Waals surface area (Å²) in [6, 6.07) is 4.01. The van der Waals surface area contributed by atoms with Gasteiger partial charge in [0.1, 0.15) is 0 Å². The van der Waals surface area contributed by atoms with Crippen molar-refractivity contribution in [2.45, 2.75) is 0 Å². The summed E-state index contributed by atoms with van der Waals surface area (Å²) in [4.78, 5) is 5.16. The zero-order chi connectivity index (χ0) is 8.93. The van der Waals surface area contributed by atoms with Crippen LogP contribution in [0.1, 0.15) is 4.88 Å². The molecule has 5 heteroatoms. The summed E-state index contributed by atoms with van der Waals surface area (Å²) in [7, 11) is 0. The Labute approximate surface area is 83.8 Å². The minimum atomic E-state index is 0.813. The van der Waals surface area contributed by atoms with E-state index in [2.05, 4.69) is 15.5 Å². The van der Waals surface area contributed by atoms with Crippen LogP contribution in [0, 0.1) is 0 Å². The molecule has 2 rings (SSSR count). The highest BCUT2D eigenvalue weighted by atomic mass is 32.1. The summed E-state index contributed by atoms with van der Waals surface area (Å²) in [6.45, 7) is 0. The maximum atomic E-state index is 4.04.